The summed E-state index contributed by atoms with van der Waals surface area (Å²) >= 11 is 0. The molecule has 4 heteroatoms. The average Bonchev–Trinajstić information content (AvgIpc) is 2.61. The van der Waals surface area contributed by atoms with Crippen molar-refractivity contribution in [2.45, 2.75) is 13.3 Å². The summed E-state index contributed by atoms with van der Waals surface area (Å²) < 4.78 is 5.04. The van der Waals surface area contributed by atoms with Crippen molar-refractivity contribution in [3.05, 3.63) is 65.7 Å². The molecule has 0 spiro atoms. The molecule has 0 N–H and O–H groups in total. The van der Waals surface area contributed by atoms with Gasteiger partial charge >= 0.3 is 0 Å². The smallest absolute Gasteiger partial charge is 0.173 e. The standard InChI is InChI=1S/C19H18O4/c1-13(19(22)15-8-10-16(23-2)11-9-15)17(20)12-18(21)14-6-4-3-5-7-14/h3-11,13H,12H2,1-2H3. The van der Waals surface area contributed by atoms with Crippen molar-refractivity contribution in [2.24, 2.45) is 5.92 Å². The zero-order chi connectivity index (χ0) is 16.8. The van der Waals surface area contributed by atoms with Gasteiger partial charge < -0.3 is 4.74 Å². The molecule has 0 radical (unpaired) electrons. The van der Waals surface area contributed by atoms with Crippen molar-refractivity contribution in [1.82, 2.24) is 0 Å². The number of carbonyl (C=O) groups is 3. The normalized spacial score (nSPS) is 11.6. The molecular weight excluding hydrogens is 292 g/mol. The molecule has 0 saturated carbocycles. The average molecular weight is 310 g/mol. The molecule has 0 heterocycles. The second-order valence-electron chi connectivity index (χ2n) is 5.25. The van der Waals surface area contributed by atoms with Crippen molar-refractivity contribution in [3.63, 3.8) is 0 Å². The summed E-state index contributed by atoms with van der Waals surface area (Å²) in [6.45, 7) is 1.53. The molecule has 2 aromatic carbocycles. The minimum atomic E-state index is -0.851. The molecule has 1 atom stereocenters. The lowest BCUT2D eigenvalue weighted by molar-refractivity contribution is -0.120. The van der Waals surface area contributed by atoms with Gasteiger partial charge in [0.1, 0.15) is 5.75 Å². The van der Waals surface area contributed by atoms with Crippen molar-refractivity contribution in [2.75, 3.05) is 7.11 Å². The highest BCUT2D eigenvalue weighted by molar-refractivity contribution is 6.17. The van der Waals surface area contributed by atoms with E-state index in [-0.39, 0.29) is 23.8 Å². The second kappa shape index (κ2) is 7.49. The number of rotatable bonds is 7. The first-order valence-electron chi connectivity index (χ1n) is 7.32. The fraction of sp³-hybridized carbons (Fsp3) is 0.211. The van der Waals surface area contributed by atoms with E-state index in [1.54, 1.807) is 54.6 Å². The molecule has 4 nitrogen and oxygen atoms in total. The Hall–Kier alpha value is -2.75. The Kier molecular flexibility index (Phi) is 5.41. The van der Waals surface area contributed by atoms with Crippen molar-refractivity contribution in [3.8, 4) is 5.75 Å². The second-order valence-corrected chi connectivity index (χ2v) is 5.25. The Morgan fingerprint density at radius 1 is 0.913 bits per heavy atom. The number of benzene rings is 2. The van der Waals surface area contributed by atoms with Gasteiger partial charge in [-0.25, -0.2) is 0 Å². The maximum absolute atomic E-state index is 12.3. The number of ketones is 3. The first-order chi connectivity index (χ1) is 11.0. The molecule has 0 bridgehead atoms. The highest BCUT2D eigenvalue weighted by atomic mass is 16.5. The van der Waals surface area contributed by atoms with Crippen LogP contribution in [0.1, 0.15) is 34.1 Å². The van der Waals surface area contributed by atoms with E-state index < -0.39 is 5.92 Å². The van der Waals surface area contributed by atoms with Crippen LogP contribution in [0.15, 0.2) is 54.6 Å². The molecule has 0 fully saturated rings. The number of ether oxygens (including phenoxy) is 1. The van der Waals surface area contributed by atoms with Gasteiger partial charge in [-0.1, -0.05) is 30.3 Å². The Balaban J connectivity index is 2.03. The lowest BCUT2D eigenvalue weighted by Crippen LogP contribution is -2.23. The van der Waals surface area contributed by atoms with Crippen LogP contribution >= 0.6 is 0 Å². The summed E-state index contributed by atoms with van der Waals surface area (Å²) in [4.78, 5) is 36.6. The zero-order valence-corrected chi connectivity index (χ0v) is 13.1. The van der Waals surface area contributed by atoms with E-state index in [4.69, 9.17) is 4.74 Å². The third-order valence-electron chi connectivity index (χ3n) is 3.68. The molecule has 0 aliphatic rings. The van der Waals surface area contributed by atoms with Gasteiger partial charge in [0.25, 0.3) is 0 Å². The van der Waals surface area contributed by atoms with E-state index in [1.807, 2.05) is 0 Å². The van der Waals surface area contributed by atoms with Crippen LogP contribution in [0.5, 0.6) is 5.75 Å². The molecule has 2 rings (SSSR count). The molecule has 0 amide bonds. The molecule has 23 heavy (non-hydrogen) atoms. The van der Waals surface area contributed by atoms with Crippen LogP contribution in [0.3, 0.4) is 0 Å². The van der Waals surface area contributed by atoms with Gasteiger partial charge in [0.15, 0.2) is 17.3 Å². The molecule has 0 aliphatic carbocycles. The number of hydrogen-bond acceptors (Lipinski definition) is 4. The first kappa shape index (κ1) is 16.6. The topological polar surface area (TPSA) is 60.4 Å². The maximum atomic E-state index is 12.3. The molecule has 0 aromatic heterocycles. The number of carbonyl (C=O) groups excluding carboxylic acids is 3. The van der Waals surface area contributed by atoms with Crippen molar-refractivity contribution >= 4 is 17.3 Å². The maximum Gasteiger partial charge on any atom is 0.173 e. The van der Waals surface area contributed by atoms with E-state index in [9.17, 15) is 14.4 Å². The van der Waals surface area contributed by atoms with E-state index in [0.717, 1.165) is 0 Å². The lowest BCUT2D eigenvalue weighted by atomic mass is 9.92. The van der Waals surface area contributed by atoms with Crippen molar-refractivity contribution < 1.29 is 19.1 Å². The summed E-state index contributed by atoms with van der Waals surface area (Å²) in [5, 5.41) is 0. The largest absolute Gasteiger partial charge is 0.497 e. The van der Waals surface area contributed by atoms with Gasteiger partial charge in [0.05, 0.1) is 19.4 Å². The highest BCUT2D eigenvalue weighted by Crippen LogP contribution is 2.17. The number of methoxy groups -OCH3 is 1. The Morgan fingerprint density at radius 3 is 2.09 bits per heavy atom. The molecule has 0 saturated heterocycles. The number of Topliss-reactive ketones (excluding diaryl/α,β-unsaturated/α-hetero) is 3. The predicted octanol–water partition coefficient (Wildman–Crippen LogP) is 3.36. The van der Waals surface area contributed by atoms with Crippen LogP contribution in [0, 0.1) is 5.92 Å². The Labute approximate surface area is 135 Å². The minimum absolute atomic E-state index is 0.271. The zero-order valence-electron chi connectivity index (χ0n) is 13.1. The van der Waals surface area contributed by atoms with Crippen molar-refractivity contribution in [1.29, 1.82) is 0 Å². The summed E-state index contributed by atoms with van der Waals surface area (Å²) in [7, 11) is 1.54. The first-order valence-corrected chi connectivity index (χ1v) is 7.32. The minimum Gasteiger partial charge on any atom is -0.497 e. The lowest BCUT2D eigenvalue weighted by Gasteiger charge is -2.10. The quantitative estimate of drug-likeness (QED) is 0.581. The molecule has 0 aliphatic heterocycles. The molecule has 118 valence electrons. The van der Waals surface area contributed by atoms with E-state index in [1.165, 1.54) is 14.0 Å². The van der Waals surface area contributed by atoms with Gasteiger partial charge in [0.2, 0.25) is 0 Å². The highest BCUT2D eigenvalue weighted by Gasteiger charge is 2.24. The monoisotopic (exact) mass is 310 g/mol. The van der Waals surface area contributed by atoms with E-state index in [0.29, 0.717) is 16.9 Å². The van der Waals surface area contributed by atoms with Crippen LogP contribution in [0.2, 0.25) is 0 Å². The predicted molar refractivity (Wildman–Crippen MR) is 86.9 cm³/mol. The third-order valence-corrected chi connectivity index (χ3v) is 3.68. The van der Waals surface area contributed by atoms with E-state index in [2.05, 4.69) is 0 Å². The van der Waals surface area contributed by atoms with Crippen LogP contribution in [0.4, 0.5) is 0 Å². The van der Waals surface area contributed by atoms with Gasteiger partial charge in [0, 0.05) is 11.1 Å². The molecule has 2 aromatic rings. The third kappa shape index (κ3) is 4.13. The Bertz CT molecular complexity index is 702. The van der Waals surface area contributed by atoms with Gasteiger partial charge in [-0.15, -0.1) is 0 Å². The van der Waals surface area contributed by atoms with Crippen LogP contribution in [0.25, 0.3) is 0 Å². The summed E-state index contributed by atoms with van der Waals surface area (Å²) in [5.74, 6) is -1.15. The van der Waals surface area contributed by atoms with Crippen LogP contribution in [-0.4, -0.2) is 24.5 Å². The fourth-order valence-corrected chi connectivity index (χ4v) is 2.19. The number of hydrogen-bond donors (Lipinski definition) is 0. The Morgan fingerprint density at radius 2 is 1.52 bits per heavy atom. The molecular formula is C19H18O4. The summed E-state index contributed by atoms with van der Waals surface area (Å²) in [5.41, 5.74) is 0.906. The van der Waals surface area contributed by atoms with Crippen LogP contribution in [-0.2, 0) is 4.79 Å². The van der Waals surface area contributed by atoms with Gasteiger partial charge in [-0.3, -0.25) is 14.4 Å². The molecule has 1 unspecified atom stereocenters. The van der Waals surface area contributed by atoms with Gasteiger partial charge in [-0.2, -0.15) is 0 Å². The summed E-state index contributed by atoms with van der Waals surface area (Å²) in [6, 6.07) is 15.2. The summed E-state index contributed by atoms with van der Waals surface area (Å²) in [6.07, 6.45) is -0.271. The van der Waals surface area contributed by atoms with E-state index >= 15 is 0 Å². The fourth-order valence-electron chi connectivity index (χ4n) is 2.19. The van der Waals surface area contributed by atoms with Crippen LogP contribution < -0.4 is 4.74 Å². The van der Waals surface area contributed by atoms with Gasteiger partial charge in [-0.05, 0) is 31.2 Å². The SMILES string of the molecule is COc1ccc(C(=O)C(C)C(=O)CC(=O)c2ccccc2)cc1.